The maximum absolute atomic E-state index is 12.0. The van der Waals surface area contributed by atoms with Crippen LogP contribution in [0, 0.1) is 0 Å². The van der Waals surface area contributed by atoms with E-state index in [0.29, 0.717) is 31.1 Å². The Kier molecular flexibility index (Phi) is 7.46. The van der Waals surface area contributed by atoms with E-state index in [1.54, 1.807) is 24.1 Å². The number of ether oxygens (including phenoxy) is 2. The Morgan fingerprint density at radius 1 is 1.30 bits per heavy atom. The van der Waals surface area contributed by atoms with Gasteiger partial charge in [0.25, 0.3) is 0 Å². The van der Waals surface area contributed by atoms with Crippen molar-refractivity contribution in [1.29, 1.82) is 0 Å². The van der Waals surface area contributed by atoms with Crippen molar-refractivity contribution in [3.8, 4) is 5.75 Å². The van der Waals surface area contributed by atoms with Crippen LogP contribution in [0.5, 0.6) is 5.75 Å². The summed E-state index contributed by atoms with van der Waals surface area (Å²) < 4.78 is 10.4. The molecule has 0 aliphatic heterocycles. The van der Waals surface area contributed by atoms with Gasteiger partial charge in [-0.05, 0) is 12.1 Å². The van der Waals surface area contributed by atoms with Crippen LogP contribution in [0.3, 0.4) is 0 Å². The third-order valence-electron chi connectivity index (χ3n) is 2.78. The number of carbonyl (C=O) groups excluding carboxylic acids is 1. The van der Waals surface area contributed by atoms with Crippen LogP contribution < -0.4 is 10.5 Å². The molecule has 0 unspecified atom stereocenters. The molecule has 112 valence electrons. The Balaban J connectivity index is 2.38. The minimum absolute atomic E-state index is 0.0675. The molecule has 0 aliphatic rings. The summed E-state index contributed by atoms with van der Waals surface area (Å²) in [7, 11) is 1.57. The highest BCUT2D eigenvalue weighted by Gasteiger charge is 2.12. The predicted molar refractivity (Wildman–Crippen MR) is 76.5 cm³/mol. The molecular formula is C14H22N2O4. The van der Waals surface area contributed by atoms with E-state index >= 15 is 0 Å². The number of amides is 1. The predicted octanol–water partition coefficient (Wildman–Crippen LogP) is 0.505. The van der Waals surface area contributed by atoms with E-state index in [2.05, 4.69) is 0 Å². The number of para-hydroxylation sites is 2. The van der Waals surface area contributed by atoms with Crippen molar-refractivity contribution in [3.05, 3.63) is 24.3 Å². The Morgan fingerprint density at radius 2 is 2.05 bits per heavy atom. The molecule has 3 N–H and O–H groups in total. The standard InChI is InChI=1S/C14H22N2O4/c1-19-11-8-16(7-9-17)14(18)6-10-20-13-5-3-2-4-12(13)15/h2-5,17H,6-11,15H2,1H3. The van der Waals surface area contributed by atoms with Gasteiger partial charge in [-0.1, -0.05) is 12.1 Å². The highest BCUT2D eigenvalue weighted by Crippen LogP contribution is 2.19. The van der Waals surface area contributed by atoms with E-state index in [-0.39, 0.29) is 25.5 Å². The number of nitrogens with two attached hydrogens (primary N) is 1. The van der Waals surface area contributed by atoms with E-state index < -0.39 is 0 Å². The first-order valence-electron chi connectivity index (χ1n) is 6.54. The molecule has 20 heavy (non-hydrogen) atoms. The summed E-state index contributed by atoms with van der Waals surface area (Å²) in [5.41, 5.74) is 6.29. The molecule has 0 fully saturated rings. The molecule has 6 heteroatoms. The average molecular weight is 282 g/mol. The van der Waals surface area contributed by atoms with Crippen molar-refractivity contribution in [1.82, 2.24) is 4.90 Å². The molecule has 1 amide bonds. The summed E-state index contributed by atoms with van der Waals surface area (Å²) >= 11 is 0. The molecule has 6 nitrogen and oxygen atoms in total. The lowest BCUT2D eigenvalue weighted by Crippen LogP contribution is -2.36. The molecule has 0 aliphatic carbocycles. The topological polar surface area (TPSA) is 85.0 Å². The quantitative estimate of drug-likeness (QED) is 0.644. The summed E-state index contributed by atoms with van der Waals surface area (Å²) in [6.45, 7) is 1.39. The number of nitrogen functional groups attached to an aromatic ring is 1. The molecule has 0 spiro atoms. The SMILES string of the molecule is COCCN(CCO)C(=O)CCOc1ccccc1N. The van der Waals surface area contributed by atoms with E-state index in [1.807, 2.05) is 12.1 Å². The maximum atomic E-state index is 12.0. The molecule has 0 saturated carbocycles. The molecule has 1 aromatic rings. The number of aliphatic hydroxyl groups is 1. The van der Waals surface area contributed by atoms with Crippen LogP contribution >= 0.6 is 0 Å². The smallest absolute Gasteiger partial charge is 0.226 e. The van der Waals surface area contributed by atoms with Gasteiger partial charge in [-0.25, -0.2) is 0 Å². The third kappa shape index (κ3) is 5.46. The van der Waals surface area contributed by atoms with Crippen molar-refractivity contribution in [2.24, 2.45) is 0 Å². The first-order chi connectivity index (χ1) is 9.69. The first kappa shape index (κ1) is 16.3. The van der Waals surface area contributed by atoms with Gasteiger partial charge in [0.2, 0.25) is 5.91 Å². The Morgan fingerprint density at radius 3 is 2.70 bits per heavy atom. The van der Waals surface area contributed by atoms with Gasteiger partial charge in [0.15, 0.2) is 0 Å². The molecule has 0 bridgehead atoms. The van der Waals surface area contributed by atoms with Crippen LogP contribution in [0.1, 0.15) is 6.42 Å². The normalized spacial score (nSPS) is 10.3. The third-order valence-corrected chi connectivity index (χ3v) is 2.78. The molecule has 0 saturated heterocycles. The molecular weight excluding hydrogens is 260 g/mol. The lowest BCUT2D eigenvalue weighted by atomic mass is 10.3. The number of aliphatic hydroxyl groups excluding tert-OH is 1. The number of hydrogen-bond donors (Lipinski definition) is 2. The largest absolute Gasteiger partial charge is 0.491 e. The Hall–Kier alpha value is -1.79. The summed E-state index contributed by atoms with van der Waals surface area (Å²) in [6, 6.07) is 7.15. The molecule has 0 atom stereocenters. The Labute approximate surface area is 119 Å². The molecule has 0 aromatic heterocycles. The van der Waals surface area contributed by atoms with Gasteiger partial charge < -0.3 is 25.2 Å². The lowest BCUT2D eigenvalue weighted by molar-refractivity contribution is -0.132. The van der Waals surface area contributed by atoms with Gasteiger partial charge in [-0.3, -0.25) is 4.79 Å². The molecule has 1 rings (SSSR count). The highest BCUT2D eigenvalue weighted by molar-refractivity contribution is 5.76. The van der Waals surface area contributed by atoms with Crippen molar-refractivity contribution in [2.45, 2.75) is 6.42 Å². The van der Waals surface area contributed by atoms with Gasteiger partial charge in [-0.15, -0.1) is 0 Å². The Bertz CT molecular complexity index is 412. The lowest BCUT2D eigenvalue weighted by Gasteiger charge is -2.21. The van der Waals surface area contributed by atoms with Crippen molar-refractivity contribution in [2.75, 3.05) is 45.8 Å². The van der Waals surface area contributed by atoms with Gasteiger partial charge in [0, 0.05) is 20.2 Å². The van der Waals surface area contributed by atoms with Crippen molar-refractivity contribution in [3.63, 3.8) is 0 Å². The van der Waals surface area contributed by atoms with Crippen LogP contribution in [0.4, 0.5) is 5.69 Å². The van der Waals surface area contributed by atoms with Gasteiger partial charge >= 0.3 is 0 Å². The van der Waals surface area contributed by atoms with E-state index in [1.165, 1.54) is 0 Å². The van der Waals surface area contributed by atoms with E-state index in [4.69, 9.17) is 20.3 Å². The van der Waals surface area contributed by atoms with Gasteiger partial charge in [0.05, 0.1) is 31.9 Å². The number of anilines is 1. The fraction of sp³-hybridized carbons (Fsp3) is 0.500. The van der Waals surface area contributed by atoms with E-state index in [0.717, 1.165) is 0 Å². The van der Waals surface area contributed by atoms with Crippen LogP contribution in [0.25, 0.3) is 0 Å². The summed E-state index contributed by atoms with van der Waals surface area (Å²) in [5, 5.41) is 8.94. The molecule has 0 heterocycles. The minimum atomic E-state index is -0.0781. The number of hydrogen-bond acceptors (Lipinski definition) is 5. The minimum Gasteiger partial charge on any atom is -0.491 e. The van der Waals surface area contributed by atoms with Crippen molar-refractivity contribution < 1.29 is 19.4 Å². The second kappa shape index (κ2) is 9.17. The number of rotatable bonds is 9. The first-order valence-corrected chi connectivity index (χ1v) is 6.54. The zero-order valence-corrected chi connectivity index (χ0v) is 11.7. The fourth-order valence-corrected chi connectivity index (χ4v) is 1.70. The molecule has 0 radical (unpaired) electrons. The highest BCUT2D eigenvalue weighted by atomic mass is 16.5. The van der Waals surface area contributed by atoms with Crippen LogP contribution in [0.2, 0.25) is 0 Å². The van der Waals surface area contributed by atoms with Crippen LogP contribution in [-0.2, 0) is 9.53 Å². The molecule has 1 aromatic carbocycles. The number of benzene rings is 1. The van der Waals surface area contributed by atoms with Crippen LogP contribution in [-0.4, -0.2) is 55.9 Å². The number of methoxy groups -OCH3 is 1. The van der Waals surface area contributed by atoms with E-state index in [9.17, 15) is 4.79 Å². The zero-order chi connectivity index (χ0) is 14.8. The summed E-state index contributed by atoms with van der Waals surface area (Å²) in [5.74, 6) is 0.497. The van der Waals surface area contributed by atoms with Crippen LogP contribution in [0.15, 0.2) is 24.3 Å². The summed E-state index contributed by atoms with van der Waals surface area (Å²) in [4.78, 5) is 13.5. The summed E-state index contributed by atoms with van der Waals surface area (Å²) in [6.07, 6.45) is 0.234. The van der Waals surface area contributed by atoms with Crippen molar-refractivity contribution >= 4 is 11.6 Å². The number of carbonyl (C=O) groups is 1. The van der Waals surface area contributed by atoms with Gasteiger partial charge in [0.1, 0.15) is 5.75 Å². The van der Waals surface area contributed by atoms with Gasteiger partial charge in [-0.2, -0.15) is 0 Å². The monoisotopic (exact) mass is 282 g/mol. The average Bonchev–Trinajstić information content (AvgIpc) is 2.45. The number of nitrogens with zero attached hydrogens (tertiary/aromatic N) is 1. The maximum Gasteiger partial charge on any atom is 0.226 e. The fourth-order valence-electron chi connectivity index (χ4n) is 1.70. The second-order valence-electron chi connectivity index (χ2n) is 4.23. The zero-order valence-electron chi connectivity index (χ0n) is 11.7. The second-order valence-corrected chi connectivity index (χ2v) is 4.23.